The van der Waals surface area contributed by atoms with Crippen molar-refractivity contribution in [3.8, 4) is 5.75 Å². The Labute approximate surface area is 138 Å². The Morgan fingerprint density at radius 2 is 1.70 bits per heavy atom. The zero-order chi connectivity index (χ0) is 16.7. The highest BCUT2D eigenvalue weighted by Crippen LogP contribution is 2.12. The number of aryl methyl sites for hydroxylation is 3. The minimum atomic E-state index is 0.0261. The van der Waals surface area contributed by atoms with E-state index in [1.807, 2.05) is 18.2 Å². The smallest absolute Gasteiger partial charge is 0.224 e. The molecule has 0 heterocycles. The van der Waals surface area contributed by atoms with Crippen LogP contribution in [0.3, 0.4) is 0 Å². The first kappa shape index (κ1) is 17.1. The first-order valence-electron chi connectivity index (χ1n) is 8.13. The lowest BCUT2D eigenvalue weighted by atomic mass is 10.0. The molecule has 0 saturated heterocycles. The molecule has 1 amide bonds. The topological polar surface area (TPSA) is 38.3 Å². The van der Waals surface area contributed by atoms with Crippen molar-refractivity contribution >= 4 is 5.91 Å². The molecule has 3 heteroatoms. The maximum absolute atomic E-state index is 11.9. The van der Waals surface area contributed by atoms with Crippen molar-refractivity contribution in [3.05, 3.63) is 64.7 Å². The average Bonchev–Trinajstić information content (AvgIpc) is 2.55. The maximum Gasteiger partial charge on any atom is 0.224 e. The van der Waals surface area contributed by atoms with Gasteiger partial charge >= 0.3 is 0 Å². The fourth-order valence-corrected chi connectivity index (χ4v) is 2.34. The van der Waals surface area contributed by atoms with E-state index in [0.29, 0.717) is 19.6 Å². The summed E-state index contributed by atoms with van der Waals surface area (Å²) in [6, 6.07) is 14.2. The summed E-state index contributed by atoms with van der Waals surface area (Å²) in [6.07, 6.45) is 1.43. The quantitative estimate of drug-likeness (QED) is 0.793. The standard InChI is InChI=1S/C20H25NO2/c1-4-17-7-9-19(10-8-17)23-12-11-21-20(22)14-18-6-5-15(2)16(3)13-18/h5-10,13H,4,11-12,14H2,1-3H3,(H,21,22). The van der Waals surface area contributed by atoms with Gasteiger partial charge in [0.25, 0.3) is 0 Å². The van der Waals surface area contributed by atoms with E-state index in [2.05, 4.69) is 50.4 Å². The fourth-order valence-electron chi connectivity index (χ4n) is 2.34. The second-order valence-electron chi connectivity index (χ2n) is 5.79. The van der Waals surface area contributed by atoms with Gasteiger partial charge in [0, 0.05) is 0 Å². The summed E-state index contributed by atoms with van der Waals surface area (Å²) < 4.78 is 5.63. The van der Waals surface area contributed by atoms with Crippen LogP contribution >= 0.6 is 0 Å². The van der Waals surface area contributed by atoms with Crippen molar-refractivity contribution in [2.75, 3.05) is 13.2 Å². The van der Waals surface area contributed by atoms with Crippen molar-refractivity contribution in [1.29, 1.82) is 0 Å². The average molecular weight is 311 g/mol. The third-order valence-corrected chi connectivity index (χ3v) is 3.96. The zero-order valence-electron chi connectivity index (χ0n) is 14.2. The molecular formula is C20H25NO2. The Morgan fingerprint density at radius 1 is 1.00 bits per heavy atom. The van der Waals surface area contributed by atoms with E-state index in [-0.39, 0.29) is 5.91 Å². The summed E-state index contributed by atoms with van der Waals surface area (Å²) in [5.74, 6) is 0.865. The van der Waals surface area contributed by atoms with Gasteiger partial charge in [0.1, 0.15) is 12.4 Å². The Balaban J connectivity index is 1.70. The third kappa shape index (κ3) is 5.44. The molecule has 2 aromatic carbocycles. The van der Waals surface area contributed by atoms with E-state index in [1.165, 1.54) is 16.7 Å². The van der Waals surface area contributed by atoms with E-state index in [9.17, 15) is 4.79 Å². The summed E-state index contributed by atoms with van der Waals surface area (Å²) >= 11 is 0. The Bertz CT molecular complexity index is 647. The van der Waals surface area contributed by atoms with Gasteiger partial charge in [0.2, 0.25) is 5.91 Å². The number of carbonyl (C=O) groups is 1. The minimum absolute atomic E-state index is 0.0261. The van der Waals surface area contributed by atoms with Gasteiger partial charge in [0.05, 0.1) is 13.0 Å². The van der Waals surface area contributed by atoms with Gasteiger partial charge < -0.3 is 10.1 Å². The van der Waals surface area contributed by atoms with Crippen LogP contribution < -0.4 is 10.1 Å². The summed E-state index contributed by atoms with van der Waals surface area (Å²) in [6.45, 7) is 7.25. The predicted octanol–water partition coefficient (Wildman–Crippen LogP) is 3.60. The van der Waals surface area contributed by atoms with Gasteiger partial charge in [-0.1, -0.05) is 37.3 Å². The van der Waals surface area contributed by atoms with Crippen LogP contribution in [0.4, 0.5) is 0 Å². The van der Waals surface area contributed by atoms with Crippen LogP contribution in [0.25, 0.3) is 0 Å². The van der Waals surface area contributed by atoms with Crippen molar-refractivity contribution < 1.29 is 9.53 Å². The van der Waals surface area contributed by atoms with Crippen molar-refractivity contribution in [1.82, 2.24) is 5.32 Å². The first-order chi connectivity index (χ1) is 11.1. The highest BCUT2D eigenvalue weighted by Gasteiger charge is 2.04. The van der Waals surface area contributed by atoms with Gasteiger partial charge in [-0.3, -0.25) is 4.79 Å². The first-order valence-corrected chi connectivity index (χ1v) is 8.13. The zero-order valence-corrected chi connectivity index (χ0v) is 14.2. The molecule has 0 aliphatic rings. The molecule has 2 aromatic rings. The summed E-state index contributed by atoms with van der Waals surface area (Å²) in [7, 11) is 0. The molecule has 0 atom stereocenters. The molecule has 0 bridgehead atoms. The number of rotatable bonds is 7. The van der Waals surface area contributed by atoms with Crippen LogP contribution in [0, 0.1) is 13.8 Å². The highest BCUT2D eigenvalue weighted by atomic mass is 16.5. The second-order valence-corrected chi connectivity index (χ2v) is 5.79. The second kappa shape index (κ2) is 8.37. The molecule has 1 N–H and O–H groups in total. The number of hydrogen-bond acceptors (Lipinski definition) is 2. The van der Waals surface area contributed by atoms with Crippen molar-refractivity contribution in [2.45, 2.75) is 33.6 Å². The van der Waals surface area contributed by atoms with E-state index in [1.54, 1.807) is 0 Å². The molecule has 23 heavy (non-hydrogen) atoms. The van der Waals surface area contributed by atoms with Gasteiger partial charge in [0.15, 0.2) is 0 Å². The molecule has 0 spiro atoms. The predicted molar refractivity (Wildman–Crippen MR) is 93.9 cm³/mol. The monoisotopic (exact) mass is 311 g/mol. The van der Waals surface area contributed by atoms with Crippen LogP contribution in [0.5, 0.6) is 5.75 Å². The van der Waals surface area contributed by atoms with Gasteiger partial charge in [-0.2, -0.15) is 0 Å². The molecule has 0 radical (unpaired) electrons. The largest absolute Gasteiger partial charge is 0.492 e. The van der Waals surface area contributed by atoms with Gasteiger partial charge in [-0.05, 0) is 54.7 Å². The SMILES string of the molecule is CCc1ccc(OCCNC(=O)Cc2ccc(C)c(C)c2)cc1. The van der Waals surface area contributed by atoms with Crippen LogP contribution in [0.1, 0.15) is 29.2 Å². The van der Waals surface area contributed by atoms with Crippen LogP contribution in [0.15, 0.2) is 42.5 Å². The van der Waals surface area contributed by atoms with Crippen LogP contribution in [-0.4, -0.2) is 19.1 Å². The molecule has 0 aromatic heterocycles. The summed E-state index contributed by atoms with van der Waals surface area (Å²) in [5, 5.41) is 2.89. The van der Waals surface area contributed by atoms with Crippen LogP contribution in [-0.2, 0) is 17.6 Å². The van der Waals surface area contributed by atoms with E-state index in [4.69, 9.17) is 4.74 Å². The normalized spacial score (nSPS) is 10.4. The lowest BCUT2D eigenvalue weighted by Gasteiger charge is -2.09. The molecule has 0 aliphatic carbocycles. The van der Waals surface area contributed by atoms with Crippen LogP contribution in [0.2, 0.25) is 0 Å². The number of benzene rings is 2. The Hall–Kier alpha value is -2.29. The molecule has 0 aliphatic heterocycles. The molecule has 2 rings (SSSR count). The molecule has 0 unspecified atom stereocenters. The van der Waals surface area contributed by atoms with Crippen molar-refractivity contribution in [2.24, 2.45) is 0 Å². The molecule has 3 nitrogen and oxygen atoms in total. The number of carbonyl (C=O) groups excluding carboxylic acids is 1. The maximum atomic E-state index is 11.9. The molecule has 0 saturated carbocycles. The fraction of sp³-hybridized carbons (Fsp3) is 0.350. The summed E-state index contributed by atoms with van der Waals surface area (Å²) in [4.78, 5) is 11.9. The Morgan fingerprint density at radius 3 is 2.35 bits per heavy atom. The van der Waals surface area contributed by atoms with E-state index < -0.39 is 0 Å². The highest BCUT2D eigenvalue weighted by molar-refractivity contribution is 5.78. The number of amides is 1. The molecule has 0 fully saturated rings. The minimum Gasteiger partial charge on any atom is -0.492 e. The molecule has 122 valence electrons. The van der Waals surface area contributed by atoms with Gasteiger partial charge in [-0.15, -0.1) is 0 Å². The lowest BCUT2D eigenvalue weighted by Crippen LogP contribution is -2.29. The molecular weight excluding hydrogens is 286 g/mol. The Kier molecular flexibility index (Phi) is 6.21. The number of hydrogen-bond donors (Lipinski definition) is 1. The lowest BCUT2D eigenvalue weighted by molar-refractivity contribution is -0.120. The van der Waals surface area contributed by atoms with Crippen molar-refractivity contribution in [3.63, 3.8) is 0 Å². The van der Waals surface area contributed by atoms with Gasteiger partial charge in [-0.25, -0.2) is 0 Å². The number of nitrogens with one attached hydrogen (secondary N) is 1. The third-order valence-electron chi connectivity index (χ3n) is 3.96. The summed E-state index contributed by atoms with van der Waals surface area (Å²) in [5.41, 5.74) is 4.80. The number of ether oxygens (including phenoxy) is 1. The van der Waals surface area contributed by atoms with E-state index in [0.717, 1.165) is 17.7 Å². The van der Waals surface area contributed by atoms with E-state index >= 15 is 0 Å².